The molecule has 1 rings (SSSR count). The Balaban J connectivity index is 2.76. The zero-order chi connectivity index (χ0) is 13.1. The molecule has 1 aromatic heterocycles. The molecule has 0 amide bonds. The minimum absolute atomic E-state index is 0.0103. The van der Waals surface area contributed by atoms with Gasteiger partial charge in [-0.05, 0) is 0 Å². The fourth-order valence-electron chi connectivity index (χ4n) is 0.971. The van der Waals surface area contributed by atoms with Gasteiger partial charge in [0.25, 0.3) is 0 Å². The number of nitrogens with one attached hydrogen (secondary N) is 2. The molecule has 9 heteroatoms. The summed E-state index contributed by atoms with van der Waals surface area (Å²) in [5, 5.41) is 17.4. The fourth-order valence-corrected chi connectivity index (χ4v) is 2.09. The van der Waals surface area contributed by atoms with Gasteiger partial charge in [-0.3, -0.25) is 5.10 Å². The summed E-state index contributed by atoms with van der Waals surface area (Å²) in [6, 6.07) is 0. The molecule has 0 aliphatic rings. The van der Waals surface area contributed by atoms with Gasteiger partial charge >= 0.3 is 0 Å². The molecule has 17 heavy (non-hydrogen) atoms. The Labute approximate surface area is 98.9 Å². The molecular formula is C8H15N5O3S. The average molecular weight is 261 g/mol. The van der Waals surface area contributed by atoms with Crippen LogP contribution in [-0.4, -0.2) is 36.2 Å². The Bertz CT molecular complexity index is 491. The predicted molar refractivity (Wildman–Crippen MR) is 61.0 cm³/mol. The van der Waals surface area contributed by atoms with Crippen molar-refractivity contribution in [3.8, 4) is 0 Å². The van der Waals surface area contributed by atoms with Gasteiger partial charge in [-0.15, -0.1) is 0 Å². The number of amidine groups is 1. The zero-order valence-electron chi connectivity index (χ0n) is 9.51. The lowest BCUT2D eigenvalue weighted by Gasteiger charge is -2.22. The van der Waals surface area contributed by atoms with Crippen LogP contribution in [0.1, 0.15) is 13.8 Å². The van der Waals surface area contributed by atoms with Gasteiger partial charge in [-0.2, -0.15) is 5.10 Å². The third kappa shape index (κ3) is 3.17. The van der Waals surface area contributed by atoms with E-state index in [9.17, 15) is 8.42 Å². The van der Waals surface area contributed by atoms with Gasteiger partial charge < -0.3 is 10.9 Å². The number of aromatic amines is 1. The Morgan fingerprint density at radius 3 is 2.82 bits per heavy atom. The first-order valence-corrected chi connectivity index (χ1v) is 6.24. The average Bonchev–Trinajstić information content (AvgIpc) is 2.79. The molecule has 8 nitrogen and oxygen atoms in total. The van der Waals surface area contributed by atoms with Crippen molar-refractivity contribution in [2.45, 2.75) is 18.7 Å². The monoisotopic (exact) mass is 261 g/mol. The number of hydrogen-bond donors (Lipinski definition) is 4. The highest BCUT2D eigenvalue weighted by atomic mass is 32.2. The number of nitrogens with zero attached hydrogens (tertiary/aromatic N) is 2. The Kier molecular flexibility index (Phi) is 3.73. The van der Waals surface area contributed by atoms with Crippen LogP contribution in [0.3, 0.4) is 0 Å². The summed E-state index contributed by atoms with van der Waals surface area (Å²) in [4.78, 5) is 0.0350. The minimum atomic E-state index is -3.63. The molecule has 0 aliphatic carbocycles. The number of rotatable bonds is 5. The molecule has 0 fully saturated rings. The van der Waals surface area contributed by atoms with Crippen LogP contribution in [0.5, 0.6) is 0 Å². The largest absolute Gasteiger partial charge is 0.409 e. The molecule has 0 saturated heterocycles. The summed E-state index contributed by atoms with van der Waals surface area (Å²) in [5.74, 6) is -0.0487. The maximum atomic E-state index is 11.7. The normalized spacial score (nSPS) is 13.9. The van der Waals surface area contributed by atoms with E-state index in [-0.39, 0.29) is 17.3 Å². The molecule has 0 spiro atoms. The van der Waals surface area contributed by atoms with Crippen LogP contribution in [0.4, 0.5) is 0 Å². The molecule has 1 heterocycles. The van der Waals surface area contributed by atoms with E-state index in [1.165, 1.54) is 12.4 Å². The molecule has 0 aromatic carbocycles. The molecule has 0 bridgehead atoms. The Morgan fingerprint density at radius 1 is 1.71 bits per heavy atom. The van der Waals surface area contributed by atoms with Crippen molar-refractivity contribution in [3.63, 3.8) is 0 Å². The first-order chi connectivity index (χ1) is 7.79. The van der Waals surface area contributed by atoms with E-state index >= 15 is 0 Å². The fraction of sp³-hybridized carbons (Fsp3) is 0.500. The van der Waals surface area contributed by atoms with Gasteiger partial charge in [-0.25, -0.2) is 13.1 Å². The van der Waals surface area contributed by atoms with Gasteiger partial charge in [0.15, 0.2) is 0 Å². The number of sulfonamides is 1. The van der Waals surface area contributed by atoms with Crippen molar-refractivity contribution in [3.05, 3.63) is 12.4 Å². The van der Waals surface area contributed by atoms with Crippen LogP contribution in [0.15, 0.2) is 22.4 Å². The van der Waals surface area contributed by atoms with Crippen LogP contribution in [-0.2, 0) is 10.0 Å². The summed E-state index contributed by atoms with van der Waals surface area (Å²) < 4.78 is 25.8. The topological polar surface area (TPSA) is 133 Å². The first-order valence-electron chi connectivity index (χ1n) is 4.76. The highest BCUT2D eigenvalue weighted by molar-refractivity contribution is 7.89. The highest BCUT2D eigenvalue weighted by Gasteiger charge is 2.26. The SMILES string of the molecule is CC(C)(CNS(=O)(=O)c1cn[nH]c1)C(N)=NO. The molecule has 0 atom stereocenters. The van der Waals surface area contributed by atoms with Gasteiger partial charge in [-0.1, -0.05) is 19.0 Å². The van der Waals surface area contributed by atoms with Crippen molar-refractivity contribution in [1.82, 2.24) is 14.9 Å². The number of oxime groups is 1. The molecule has 96 valence electrons. The number of H-pyrrole nitrogens is 1. The van der Waals surface area contributed by atoms with Gasteiger partial charge in [0, 0.05) is 18.2 Å². The lowest BCUT2D eigenvalue weighted by molar-refractivity contribution is 0.307. The zero-order valence-corrected chi connectivity index (χ0v) is 10.3. The smallest absolute Gasteiger partial charge is 0.243 e. The van der Waals surface area contributed by atoms with Crippen molar-refractivity contribution >= 4 is 15.9 Å². The molecule has 0 unspecified atom stereocenters. The van der Waals surface area contributed by atoms with Crippen LogP contribution in [0.25, 0.3) is 0 Å². The molecule has 5 N–H and O–H groups in total. The van der Waals surface area contributed by atoms with Crippen LogP contribution >= 0.6 is 0 Å². The van der Waals surface area contributed by atoms with Gasteiger partial charge in [0.2, 0.25) is 10.0 Å². The molecule has 0 radical (unpaired) electrons. The number of aromatic nitrogens is 2. The van der Waals surface area contributed by atoms with Crippen molar-refractivity contribution in [1.29, 1.82) is 0 Å². The first kappa shape index (κ1) is 13.5. The van der Waals surface area contributed by atoms with E-state index in [1.807, 2.05) is 0 Å². The van der Waals surface area contributed by atoms with Gasteiger partial charge in [0.05, 0.1) is 6.20 Å². The van der Waals surface area contributed by atoms with Crippen molar-refractivity contribution in [2.24, 2.45) is 16.3 Å². The predicted octanol–water partition coefficient (Wildman–Crippen LogP) is -0.539. The second-order valence-electron chi connectivity index (χ2n) is 4.13. The van der Waals surface area contributed by atoms with E-state index in [0.29, 0.717) is 0 Å². The Hall–Kier alpha value is -1.61. The molecule has 1 aromatic rings. The Morgan fingerprint density at radius 2 is 2.35 bits per heavy atom. The lowest BCUT2D eigenvalue weighted by atomic mass is 9.93. The molecular weight excluding hydrogens is 246 g/mol. The highest BCUT2D eigenvalue weighted by Crippen LogP contribution is 2.15. The van der Waals surface area contributed by atoms with E-state index in [0.717, 1.165) is 0 Å². The third-order valence-corrected chi connectivity index (χ3v) is 3.66. The summed E-state index contributed by atoms with van der Waals surface area (Å²) in [6.07, 6.45) is 2.46. The summed E-state index contributed by atoms with van der Waals surface area (Å²) >= 11 is 0. The molecule has 0 saturated carbocycles. The maximum absolute atomic E-state index is 11.7. The number of hydrogen-bond acceptors (Lipinski definition) is 5. The van der Waals surface area contributed by atoms with Gasteiger partial charge in [0.1, 0.15) is 10.7 Å². The lowest BCUT2D eigenvalue weighted by Crippen LogP contribution is -2.42. The maximum Gasteiger partial charge on any atom is 0.243 e. The van der Waals surface area contributed by atoms with Crippen molar-refractivity contribution in [2.75, 3.05) is 6.54 Å². The van der Waals surface area contributed by atoms with E-state index in [4.69, 9.17) is 10.9 Å². The quantitative estimate of drug-likeness (QED) is 0.244. The van der Waals surface area contributed by atoms with E-state index in [1.54, 1.807) is 13.8 Å². The van der Waals surface area contributed by atoms with E-state index < -0.39 is 15.4 Å². The minimum Gasteiger partial charge on any atom is -0.409 e. The number of nitrogens with two attached hydrogens (primary N) is 1. The third-order valence-electron chi connectivity index (χ3n) is 2.29. The second kappa shape index (κ2) is 4.72. The summed E-state index contributed by atoms with van der Waals surface area (Å²) in [6.45, 7) is 3.32. The molecule has 0 aliphatic heterocycles. The van der Waals surface area contributed by atoms with Crippen molar-refractivity contribution < 1.29 is 13.6 Å². The van der Waals surface area contributed by atoms with Crippen LogP contribution < -0.4 is 10.5 Å². The van der Waals surface area contributed by atoms with Crippen LogP contribution in [0.2, 0.25) is 0 Å². The summed E-state index contributed by atoms with van der Waals surface area (Å²) in [7, 11) is -3.63. The second-order valence-corrected chi connectivity index (χ2v) is 5.89. The van der Waals surface area contributed by atoms with Crippen LogP contribution in [0, 0.1) is 5.41 Å². The summed E-state index contributed by atoms with van der Waals surface area (Å²) in [5.41, 5.74) is 4.66. The standard InChI is InChI=1S/C8H15N5O3S/c1-8(2,7(9)13-14)5-12-17(15,16)6-3-10-11-4-6/h3-4,12,14H,5H2,1-2H3,(H2,9,13)(H,10,11). The van der Waals surface area contributed by atoms with E-state index in [2.05, 4.69) is 20.1 Å².